The fourth-order valence-corrected chi connectivity index (χ4v) is 6.54. The Morgan fingerprint density at radius 3 is 2.34 bits per heavy atom. The van der Waals surface area contributed by atoms with Crippen molar-refractivity contribution >= 4 is 68.2 Å². The molecule has 1 aromatic heterocycles. The van der Waals surface area contributed by atoms with E-state index in [2.05, 4.69) is 10.4 Å². The lowest BCUT2D eigenvalue weighted by molar-refractivity contribution is 0.102. The quantitative estimate of drug-likeness (QED) is 0.375. The van der Waals surface area contributed by atoms with E-state index in [0.29, 0.717) is 35.5 Å². The van der Waals surface area contributed by atoms with Crippen molar-refractivity contribution in [2.45, 2.75) is 37.6 Å². The van der Waals surface area contributed by atoms with E-state index in [0.717, 1.165) is 30.5 Å². The molecule has 2 aromatic carbocycles. The van der Waals surface area contributed by atoms with Gasteiger partial charge in [0, 0.05) is 24.8 Å². The molecule has 4 rings (SSSR count). The Labute approximate surface area is 224 Å². The van der Waals surface area contributed by atoms with Crippen LogP contribution in [0.2, 0.25) is 20.1 Å². The summed E-state index contributed by atoms with van der Waals surface area (Å²) in [5.74, 6) is -0.306. The summed E-state index contributed by atoms with van der Waals surface area (Å²) in [5, 5.41) is 8.03. The number of carbonyl (C=O) groups is 1. The number of hydrogen-bond donors (Lipinski definition) is 1. The fourth-order valence-electron chi connectivity index (χ4n) is 3.87. The van der Waals surface area contributed by atoms with E-state index in [4.69, 9.17) is 46.4 Å². The van der Waals surface area contributed by atoms with Gasteiger partial charge < -0.3 is 5.32 Å². The molecule has 1 amide bonds. The molecule has 2 heterocycles. The van der Waals surface area contributed by atoms with Crippen molar-refractivity contribution in [3.63, 3.8) is 0 Å². The predicted molar refractivity (Wildman–Crippen MR) is 140 cm³/mol. The molecule has 0 radical (unpaired) electrons. The zero-order valence-electron chi connectivity index (χ0n) is 18.7. The van der Waals surface area contributed by atoms with E-state index in [1.807, 2.05) is 13.0 Å². The van der Waals surface area contributed by atoms with Crippen LogP contribution in [0.3, 0.4) is 0 Å². The van der Waals surface area contributed by atoms with Gasteiger partial charge in [0.25, 0.3) is 5.91 Å². The Bertz CT molecular complexity index is 1390. The maximum Gasteiger partial charge on any atom is 0.258 e. The third-order valence-corrected chi connectivity index (χ3v) is 9.15. The smallest absolute Gasteiger partial charge is 0.258 e. The molecular formula is C23H22Cl4N4O3S. The second kappa shape index (κ2) is 10.7. The second-order valence-corrected chi connectivity index (χ2v) is 11.8. The molecule has 1 fully saturated rings. The van der Waals surface area contributed by atoms with Crippen molar-refractivity contribution in [3.05, 3.63) is 73.3 Å². The zero-order chi connectivity index (χ0) is 25.3. The summed E-state index contributed by atoms with van der Waals surface area (Å²) in [4.78, 5) is 12.9. The third-order valence-electron chi connectivity index (χ3n) is 5.74. The summed E-state index contributed by atoms with van der Waals surface area (Å²) >= 11 is 24.6. The number of carbonyl (C=O) groups excluding carboxylic acids is 1. The number of piperidine rings is 1. The minimum absolute atomic E-state index is 0.0108. The number of halogens is 4. The lowest BCUT2D eigenvalue weighted by Gasteiger charge is -2.26. The van der Waals surface area contributed by atoms with Crippen LogP contribution >= 0.6 is 46.4 Å². The number of aryl methyl sites for hydroxylation is 1. The van der Waals surface area contributed by atoms with E-state index < -0.39 is 15.9 Å². The molecular weight excluding hydrogens is 554 g/mol. The van der Waals surface area contributed by atoms with Gasteiger partial charge in [0.1, 0.15) is 4.90 Å². The summed E-state index contributed by atoms with van der Waals surface area (Å²) < 4.78 is 29.4. The van der Waals surface area contributed by atoms with Gasteiger partial charge in [-0.15, -0.1) is 0 Å². The first-order valence-corrected chi connectivity index (χ1v) is 13.8. The van der Waals surface area contributed by atoms with Crippen LogP contribution in [0.1, 0.15) is 40.9 Å². The van der Waals surface area contributed by atoms with Gasteiger partial charge in [0.15, 0.2) is 5.82 Å². The van der Waals surface area contributed by atoms with Crippen molar-refractivity contribution < 1.29 is 13.2 Å². The summed E-state index contributed by atoms with van der Waals surface area (Å²) in [7, 11) is -3.86. The van der Waals surface area contributed by atoms with Crippen LogP contribution in [0.4, 0.5) is 5.82 Å². The van der Waals surface area contributed by atoms with Crippen molar-refractivity contribution in [2.75, 3.05) is 18.4 Å². The highest BCUT2D eigenvalue weighted by Gasteiger charge is 2.30. The maximum absolute atomic E-state index is 13.2. The monoisotopic (exact) mass is 574 g/mol. The van der Waals surface area contributed by atoms with E-state index in [9.17, 15) is 13.2 Å². The van der Waals surface area contributed by atoms with Crippen molar-refractivity contribution in [1.82, 2.24) is 14.1 Å². The van der Waals surface area contributed by atoms with E-state index in [-0.39, 0.29) is 20.5 Å². The van der Waals surface area contributed by atoms with Crippen LogP contribution in [-0.4, -0.2) is 41.5 Å². The Morgan fingerprint density at radius 2 is 1.66 bits per heavy atom. The molecule has 35 heavy (non-hydrogen) atoms. The number of nitrogens with zero attached hydrogens (tertiary/aromatic N) is 3. The number of hydrogen-bond acceptors (Lipinski definition) is 4. The van der Waals surface area contributed by atoms with Gasteiger partial charge in [0.2, 0.25) is 10.0 Å². The van der Waals surface area contributed by atoms with E-state index >= 15 is 0 Å². The van der Waals surface area contributed by atoms with Crippen molar-refractivity contribution in [1.29, 1.82) is 0 Å². The molecule has 1 aliphatic rings. The molecule has 0 atom stereocenters. The zero-order valence-corrected chi connectivity index (χ0v) is 22.5. The van der Waals surface area contributed by atoms with Gasteiger partial charge in [0.05, 0.1) is 32.2 Å². The van der Waals surface area contributed by atoms with Crippen LogP contribution in [-0.2, 0) is 16.6 Å². The molecule has 0 saturated carbocycles. The van der Waals surface area contributed by atoms with Gasteiger partial charge >= 0.3 is 0 Å². The topological polar surface area (TPSA) is 84.3 Å². The largest absolute Gasteiger partial charge is 0.305 e. The molecule has 0 bridgehead atoms. The van der Waals surface area contributed by atoms with Crippen LogP contribution in [0, 0.1) is 6.92 Å². The summed E-state index contributed by atoms with van der Waals surface area (Å²) in [6.45, 7) is 3.09. The van der Waals surface area contributed by atoms with Gasteiger partial charge in [-0.3, -0.25) is 9.48 Å². The molecule has 7 nitrogen and oxygen atoms in total. The third kappa shape index (κ3) is 5.79. The number of sulfonamides is 1. The molecule has 0 unspecified atom stereocenters. The van der Waals surface area contributed by atoms with Crippen LogP contribution in [0.15, 0.2) is 41.3 Å². The number of benzene rings is 2. The normalized spacial score (nSPS) is 14.8. The molecule has 1 saturated heterocycles. The molecule has 3 aromatic rings. The standard InChI is InChI=1S/C23H22Cl4N4O3S/c1-14-9-22(29-31(14)13-15-5-6-17(24)19(26)10-15)28-23(32)16-11-21(20(27)12-18(16)25)35(33,34)30-7-3-2-4-8-30/h5-6,9-12H,2-4,7-8,13H2,1H3,(H,28,29,32). The van der Waals surface area contributed by atoms with Crippen LogP contribution < -0.4 is 5.32 Å². The molecule has 0 spiro atoms. The SMILES string of the molecule is Cc1cc(NC(=O)c2cc(S(=O)(=O)N3CCCCC3)c(Cl)cc2Cl)nn1Cc1ccc(Cl)c(Cl)c1. The van der Waals surface area contributed by atoms with E-state index in [1.54, 1.807) is 22.9 Å². The van der Waals surface area contributed by atoms with Gasteiger partial charge in [-0.05, 0) is 49.6 Å². The minimum atomic E-state index is -3.86. The lowest BCUT2D eigenvalue weighted by Crippen LogP contribution is -2.35. The Morgan fingerprint density at radius 1 is 0.943 bits per heavy atom. The summed E-state index contributed by atoms with van der Waals surface area (Å²) in [6, 6.07) is 9.50. The Kier molecular flexibility index (Phi) is 8.00. The first-order chi connectivity index (χ1) is 16.6. The molecule has 12 heteroatoms. The Hall–Kier alpha value is -1.81. The molecule has 186 valence electrons. The number of rotatable bonds is 6. The molecule has 1 N–H and O–H groups in total. The Balaban J connectivity index is 1.57. The summed E-state index contributed by atoms with van der Waals surface area (Å²) in [6.07, 6.45) is 2.54. The average molecular weight is 576 g/mol. The van der Waals surface area contributed by atoms with Gasteiger partial charge in [-0.25, -0.2) is 8.42 Å². The first-order valence-electron chi connectivity index (χ1n) is 10.8. The summed E-state index contributed by atoms with van der Waals surface area (Å²) in [5.41, 5.74) is 1.67. The van der Waals surface area contributed by atoms with Crippen molar-refractivity contribution in [2.24, 2.45) is 0 Å². The first kappa shape index (κ1) is 26.3. The number of aromatic nitrogens is 2. The van der Waals surface area contributed by atoms with Crippen molar-refractivity contribution in [3.8, 4) is 0 Å². The molecule has 0 aliphatic carbocycles. The number of amides is 1. The van der Waals surface area contributed by atoms with Gasteiger partial charge in [-0.2, -0.15) is 9.40 Å². The highest BCUT2D eigenvalue weighted by atomic mass is 35.5. The van der Waals surface area contributed by atoms with Crippen LogP contribution in [0.25, 0.3) is 0 Å². The number of nitrogens with one attached hydrogen (secondary N) is 1. The number of anilines is 1. The van der Waals surface area contributed by atoms with E-state index in [1.165, 1.54) is 16.4 Å². The fraction of sp³-hybridized carbons (Fsp3) is 0.304. The minimum Gasteiger partial charge on any atom is -0.305 e. The van der Waals surface area contributed by atoms with Gasteiger partial charge in [-0.1, -0.05) is 58.9 Å². The maximum atomic E-state index is 13.2. The average Bonchev–Trinajstić information content (AvgIpc) is 3.14. The molecule has 1 aliphatic heterocycles. The highest BCUT2D eigenvalue weighted by Crippen LogP contribution is 2.32. The van der Waals surface area contributed by atoms with Crippen LogP contribution in [0.5, 0.6) is 0 Å². The predicted octanol–water partition coefficient (Wildman–Crippen LogP) is 6.28. The highest BCUT2D eigenvalue weighted by molar-refractivity contribution is 7.89. The second-order valence-electron chi connectivity index (χ2n) is 8.26. The lowest BCUT2D eigenvalue weighted by atomic mass is 10.2.